The highest BCUT2D eigenvalue weighted by molar-refractivity contribution is 5.67. The zero-order valence-corrected chi connectivity index (χ0v) is 13.5. The van der Waals surface area contributed by atoms with Crippen LogP contribution in [0.1, 0.15) is 33.3 Å². The van der Waals surface area contributed by atoms with Crippen molar-refractivity contribution >= 4 is 6.09 Å². The Bertz CT molecular complexity index is 455. The van der Waals surface area contributed by atoms with Gasteiger partial charge in [-0.25, -0.2) is 4.79 Å². The van der Waals surface area contributed by atoms with Gasteiger partial charge in [0.1, 0.15) is 11.4 Å². The lowest BCUT2D eigenvalue weighted by Gasteiger charge is -2.21. The minimum atomic E-state index is -0.474. The average molecular weight is 294 g/mol. The fourth-order valence-electron chi connectivity index (χ4n) is 1.76. The molecule has 0 heterocycles. The molecular formula is C16H26N2O3. The van der Waals surface area contributed by atoms with Gasteiger partial charge < -0.3 is 20.1 Å². The molecule has 1 aromatic carbocycles. The second-order valence-corrected chi connectivity index (χ2v) is 5.98. The summed E-state index contributed by atoms with van der Waals surface area (Å²) in [5.74, 6) is 0.859. The van der Waals surface area contributed by atoms with Crippen LogP contribution in [0.5, 0.6) is 5.75 Å². The van der Waals surface area contributed by atoms with Crippen molar-refractivity contribution in [1.82, 2.24) is 10.6 Å². The number of ether oxygens (including phenoxy) is 2. The van der Waals surface area contributed by atoms with Crippen molar-refractivity contribution in [2.75, 3.05) is 13.7 Å². The minimum Gasteiger partial charge on any atom is -0.496 e. The maximum atomic E-state index is 11.6. The van der Waals surface area contributed by atoms with Crippen molar-refractivity contribution in [3.05, 3.63) is 29.8 Å². The van der Waals surface area contributed by atoms with E-state index in [4.69, 9.17) is 9.47 Å². The van der Waals surface area contributed by atoms with Crippen molar-refractivity contribution < 1.29 is 14.3 Å². The maximum absolute atomic E-state index is 11.6. The number of nitrogens with one attached hydrogen (secondary N) is 2. The first-order chi connectivity index (χ1) is 9.81. The number of carbonyl (C=O) groups is 1. The van der Waals surface area contributed by atoms with Gasteiger partial charge in [-0.3, -0.25) is 0 Å². The monoisotopic (exact) mass is 294 g/mol. The first kappa shape index (κ1) is 17.3. The number of methoxy groups -OCH3 is 1. The lowest BCUT2D eigenvalue weighted by atomic mass is 10.2. The molecule has 0 radical (unpaired) electrons. The molecular weight excluding hydrogens is 268 g/mol. The molecule has 118 valence electrons. The van der Waals surface area contributed by atoms with Crippen molar-refractivity contribution in [3.63, 3.8) is 0 Å². The van der Waals surface area contributed by atoms with E-state index in [-0.39, 0.29) is 6.04 Å². The molecule has 1 unspecified atom stereocenters. The van der Waals surface area contributed by atoms with Crippen LogP contribution >= 0.6 is 0 Å². The van der Waals surface area contributed by atoms with Crippen LogP contribution in [-0.2, 0) is 11.3 Å². The fourth-order valence-corrected chi connectivity index (χ4v) is 1.76. The van der Waals surface area contributed by atoms with Gasteiger partial charge in [-0.15, -0.1) is 0 Å². The molecule has 1 rings (SSSR count). The Morgan fingerprint density at radius 1 is 1.29 bits per heavy atom. The van der Waals surface area contributed by atoms with Gasteiger partial charge in [-0.1, -0.05) is 18.2 Å². The van der Waals surface area contributed by atoms with E-state index < -0.39 is 11.7 Å². The van der Waals surface area contributed by atoms with Crippen LogP contribution in [0.25, 0.3) is 0 Å². The van der Waals surface area contributed by atoms with E-state index in [0.717, 1.165) is 11.3 Å². The lowest BCUT2D eigenvalue weighted by molar-refractivity contribution is 0.0523. The van der Waals surface area contributed by atoms with Gasteiger partial charge in [-0.2, -0.15) is 0 Å². The van der Waals surface area contributed by atoms with E-state index in [9.17, 15) is 4.79 Å². The molecule has 21 heavy (non-hydrogen) atoms. The molecule has 0 fully saturated rings. The van der Waals surface area contributed by atoms with E-state index in [0.29, 0.717) is 13.1 Å². The lowest BCUT2D eigenvalue weighted by Crippen LogP contribution is -2.41. The normalized spacial score (nSPS) is 12.6. The number of hydrogen-bond donors (Lipinski definition) is 2. The minimum absolute atomic E-state index is 0.127. The average Bonchev–Trinajstić information content (AvgIpc) is 2.41. The first-order valence-electron chi connectivity index (χ1n) is 7.14. The Morgan fingerprint density at radius 2 is 1.95 bits per heavy atom. The Balaban J connectivity index is 2.34. The van der Waals surface area contributed by atoms with Crippen LogP contribution in [0.2, 0.25) is 0 Å². The highest BCUT2D eigenvalue weighted by Gasteiger charge is 2.16. The third-order valence-electron chi connectivity index (χ3n) is 2.78. The molecule has 1 amide bonds. The smallest absolute Gasteiger partial charge is 0.407 e. The zero-order valence-electron chi connectivity index (χ0n) is 13.5. The number of carbonyl (C=O) groups excluding carboxylic acids is 1. The summed E-state index contributed by atoms with van der Waals surface area (Å²) in [5, 5.41) is 6.09. The standard InChI is InChI=1S/C16H26N2O3/c1-12(10-18-15(19)21-16(2,3)4)17-11-13-8-6-7-9-14(13)20-5/h6-9,12,17H,10-11H2,1-5H3,(H,18,19). The summed E-state index contributed by atoms with van der Waals surface area (Å²) in [7, 11) is 1.66. The molecule has 0 saturated heterocycles. The second-order valence-electron chi connectivity index (χ2n) is 5.98. The highest BCUT2D eigenvalue weighted by atomic mass is 16.6. The van der Waals surface area contributed by atoms with Crippen LogP contribution in [0.15, 0.2) is 24.3 Å². The number of hydrogen-bond acceptors (Lipinski definition) is 4. The molecule has 0 bridgehead atoms. The van der Waals surface area contributed by atoms with E-state index in [1.54, 1.807) is 7.11 Å². The van der Waals surface area contributed by atoms with Crippen LogP contribution in [-0.4, -0.2) is 31.4 Å². The van der Waals surface area contributed by atoms with Crippen LogP contribution in [0.4, 0.5) is 4.79 Å². The Hall–Kier alpha value is -1.75. The molecule has 5 heteroatoms. The summed E-state index contributed by atoms with van der Waals surface area (Å²) in [6.07, 6.45) is -0.395. The Morgan fingerprint density at radius 3 is 2.57 bits per heavy atom. The predicted molar refractivity (Wildman–Crippen MR) is 83.5 cm³/mol. The molecule has 0 aromatic heterocycles. The summed E-state index contributed by atoms with van der Waals surface area (Å²) in [6, 6.07) is 7.99. The van der Waals surface area contributed by atoms with Crippen LogP contribution in [0, 0.1) is 0 Å². The van der Waals surface area contributed by atoms with E-state index in [2.05, 4.69) is 10.6 Å². The second kappa shape index (κ2) is 7.88. The molecule has 1 atom stereocenters. The predicted octanol–water partition coefficient (Wildman–Crippen LogP) is 2.70. The SMILES string of the molecule is COc1ccccc1CNC(C)CNC(=O)OC(C)(C)C. The summed E-state index contributed by atoms with van der Waals surface area (Å²) in [6.45, 7) is 8.72. The molecule has 0 aliphatic carbocycles. The molecule has 5 nitrogen and oxygen atoms in total. The molecule has 0 aliphatic heterocycles. The van der Waals surface area contributed by atoms with E-state index in [1.807, 2.05) is 52.0 Å². The van der Waals surface area contributed by atoms with Crippen LogP contribution < -0.4 is 15.4 Å². The number of para-hydroxylation sites is 1. The Labute approximate surface area is 127 Å². The number of alkyl carbamates (subject to hydrolysis) is 1. The quantitative estimate of drug-likeness (QED) is 0.847. The molecule has 0 spiro atoms. The topological polar surface area (TPSA) is 59.6 Å². The van der Waals surface area contributed by atoms with Gasteiger partial charge >= 0.3 is 6.09 Å². The first-order valence-corrected chi connectivity index (χ1v) is 7.14. The van der Waals surface area contributed by atoms with Crippen molar-refractivity contribution in [2.24, 2.45) is 0 Å². The molecule has 0 aliphatic rings. The number of rotatable bonds is 6. The summed E-state index contributed by atoms with van der Waals surface area (Å²) >= 11 is 0. The van der Waals surface area contributed by atoms with Gasteiger partial charge in [0, 0.05) is 24.7 Å². The fraction of sp³-hybridized carbons (Fsp3) is 0.562. The summed E-state index contributed by atoms with van der Waals surface area (Å²) < 4.78 is 10.5. The summed E-state index contributed by atoms with van der Waals surface area (Å²) in [5.41, 5.74) is 0.613. The molecule has 2 N–H and O–H groups in total. The van der Waals surface area contributed by atoms with Gasteiger partial charge in [0.15, 0.2) is 0 Å². The largest absolute Gasteiger partial charge is 0.496 e. The number of benzene rings is 1. The Kier molecular flexibility index (Phi) is 6.49. The third-order valence-corrected chi connectivity index (χ3v) is 2.78. The maximum Gasteiger partial charge on any atom is 0.407 e. The number of amides is 1. The van der Waals surface area contributed by atoms with Crippen molar-refractivity contribution in [3.8, 4) is 5.75 Å². The zero-order chi connectivity index (χ0) is 15.9. The molecule has 0 saturated carbocycles. The van der Waals surface area contributed by atoms with Gasteiger partial charge in [0.05, 0.1) is 7.11 Å². The third kappa shape index (κ3) is 6.99. The van der Waals surface area contributed by atoms with Crippen LogP contribution in [0.3, 0.4) is 0 Å². The van der Waals surface area contributed by atoms with Crippen molar-refractivity contribution in [1.29, 1.82) is 0 Å². The van der Waals surface area contributed by atoms with Gasteiger partial charge in [-0.05, 0) is 33.8 Å². The van der Waals surface area contributed by atoms with E-state index in [1.165, 1.54) is 0 Å². The van der Waals surface area contributed by atoms with Gasteiger partial charge in [0.25, 0.3) is 0 Å². The van der Waals surface area contributed by atoms with Gasteiger partial charge in [0.2, 0.25) is 0 Å². The van der Waals surface area contributed by atoms with E-state index >= 15 is 0 Å². The summed E-state index contributed by atoms with van der Waals surface area (Å²) in [4.78, 5) is 11.6. The van der Waals surface area contributed by atoms with Crippen molar-refractivity contribution in [2.45, 2.75) is 45.9 Å². The molecule has 1 aromatic rings. The highest BCUT2D eigenvalue weighted by Crippen LogP contribution is 2.16.